The van der Waals surface area contributed by atoms with Gasteiger partial charge in [0.05, 0.1) is 32.4 Å². The van der Waals surface area contributed by atoms with E-state index < -0.39 is 0 Å². The molecule has 7 heteroatoms. The Balaban J connectivity index is 1.45. The van der Waals surface area contributed by atoms with E-state index in [1.54, 1.807) is 31.6 Å². The topological polar surface area (TPSA) is 76.6 Å². The van der Waals surface area contributed by atoms with Crippen molar-refractivity contribution in [1.29, 1.82) is 0 Å². The molecule has 2 aliphatic rings. The van der Waals surface area contributed by atoms with Gasteiger partial charge in [-0.1, -0.05) is 12.1 Å². The van der Waals surface area contributed by atoms with Crippen LogP contribution in [-0.4, -0.2) is 66.3 Å². The van der Waals surface area contributed by atoms with E-state index in [9.17, 15) is 4.79 Å². The van der Waals surface area contributed by atoms with Crippen molar-refractivity contribution in [1.82, 2.24) is 20.2 Å². The number of benzene rings is 1. The van der Waals surface area contributed by atoms with Crippen molar-refractivity contribution < 1.29 is 14.3 Å². The van der Waals surface area contributed by atoms with Crippen LogP contribution in [0, 0.1) is 0 Å². The van der Waals surface area contributed by atoms with Crippen molar-refractivity contribution >= 4 is 5.91 Å². The monoisotopic (exact) mass is 368 g/mol. The maximum atomic E-state index is 12.7. The van der Waals surface area contributed by atoms with Crippen LogP contribution in [0.5, 0.6) is 5.88 Å². The van der Waals surface area contributed by atoms with E-state index in [1.165, 1.54) is 12.8 Å². The molecule has 1 N–H and O–H groups in total. The molecule has 2 atom stereocenters. The van der Waals surface area contributed by atoms with Gasteiger partial charge in [0.2, 0.25) is 5.88 Å². The predicted molar refractivity (Wildman–Crippen MR) is 101 cm³/mol. The highest BCUT2D eigenvalue weighted by Crippen LogP contribution is 2.25. The van der Waals surface area contributed by atoms with E-state index >= 15 is 0 Å². The maximum Gasteiger partial charge on any atom is 0.251 e. The molecule has 0 saturated carbocycles. The van der Waals surface area contributed by atoms with Crippen LogP contribution in [-0.2, 0) is 4.74 Å². The summed E-state index contributed by atoms with van der Waals surface area (Å²) in [4.78, 5) is 23.6. The Morgan fingerprint density at radius 3 is 2.63 bits per heavy atom. The number of likely N-dealkylation sites (tertiary alicyclic amines) is 1. The van der Waals surface area contributed by atoms with Crippen LogP contribution >= 0.6 is 0 Å². The summed E-state index contributed by atoms with van der Waals surface area (Å²) in [5.74, 6) is 0.388. The lowest BCUT2D eigenvalue weighted by atomic mass is 10.1. The number of nitrogens with zero attached hydrogens (tertiary/aromatic N) is 3. The minimum Gasteiger partial charge on any atom is -0.479 e. The Kier molecular flexibility index (Phi) is 5.31. The van der Waals surface area contributed by atoms with Gasteiger partial charge >= 0.3 is 0 Å². The first-order valence-electron chi connectivity index (χ1n) is 9.34. The van der Waals surface area contributed by atoms with Gasteiger partial charge in [0.25, 0.3) is 5.91 Å². The average Bonchev–Trinajstić information content (AvgIpc) is 3.39. The normalized spacial score (nSPS) is 22.7. The number of nitrogens with one attached hydrogen (secondary N) is 1. The van der Waals surface area contributed by atoms with Gasteiger partial charge < -0.3 is 14.8 Å². The second-order valence-electron chi connectivity index (χ2n) is 6.92. The van der Waals surface area contributed by atoms with Crippen LogP contribution in [0.1, 0.15) is 23.2 Å². The largest absolute Gasteiger partial charge is 0.479 e. The molecule has 1 amide bonds. The second kappa shape index (κ2) is 8.02. The first-order valence-corrected chi connectivity index (χ1v) is 9.34. The molecule has 2 aromatic rings. The van der Waals surface area contributed by atoms with Crippen LogP contribution in [0.3, 0.4) is 0 Å². The highest BCUT2D eigenvalue weighted by Gasteiger charge is 2.35. The lowest BCUT2D eigenvalue weighted by molar-refractivity contribution is 0.0916. The molecule has 0 unspecified atom stereocenters. The minimum atomic E-state index is -0.0765. The summed E-state index contributed by atoms with van der Waals surface area (Å²) in [5, 5.41) is 3.15. The van der Waals surface area contributed by atoms with Gasteiger partial charge in [-0.15, -0.1) is 0 Å². The van der Waals surface area contributed by atoms with Gasteiger partial charge in [0, 0.05) is 23.5 Å². The molecular weight excluding hydrogens is 344 g/mol. The molecule has 0 bridgehead atoms. The van der Waals surface area contributed by atoms with Crippen molar-refractivity contribution in [3.8, 4) is 17.1 Å². The van der Waals surface area contributed by atoms with Gasteiger partial charge in [-0.3, -0.25) is 9.69 Å². The molecule has 2 fully saturated rings. The van der Waals surface area contributed by atoms with E-state index in [1.807, 2.05) is 12.1 Å². The molecule has 1 aromatic carbocycles. The highest BCUT2D eigenvalue weighted by atomic mass is 16.5. The number of methoxy groups -OCH3 is 1. The van der Waals surface area contributed by atoms with Crippen molar-refractivity contribution in [3.63, 3.8) is 0 Å². The number of aromatic nitrogens is 2. The Bertz CT molecular complexity index is 790. The third-order valence-corrected chi connectivity index (χ3v) is 5.26. The molecule has 0 spiro atoms. The van der Waals surface area contributed by atoms with Crippen molar-refractivity contribution in [2.75, 3.05) is 33.4 Å². The number of hydrogen-bond acceptors (Lipinski definition) is 6. The average molecular weight is 368 g/mol. The van der Waals surface area contributed by atoms with Gasteiger partial charge in [0.15, 0.2) is 0 Å². The summed E-state index contributed by atoms with van der Waals surface area (Å²) in [7, 11) is 1.57. The smallest absolute Gasteiger partial charge is 0.251 e. The molecule has 1 aromatic heterocycles. The number of hydrogen-bond donors (Lipinski definition) is 1. The van der Waals surface area contributed by atoms with E-state index in [-0.39, 0.29) is 18.0 Å². The Morgan fingerprint density at radius 2 is 1.89 bits per heavy atom. The van der Waals surface area contributed by atoms with Crippen LogP contribution in [0.25, 0.3) is 11.3 Å². The third kappa shape index (κ3) is 3.79. The van der Waals surface area contributed by atoms with E-state index in [4.69, 9.17) is 9.47 Å². The maximum absolute atomic E-state index is 12.7. The second-order valence-corrected chi connectivity index (χ2v) is 6.92. The number of carbonyl (C=O) groups is 1. The first-order chi connectivity index (χ1) is 13.3. The SMILES string of the molecule is COc1nccnc1-c1ccc(C(=O)N[C@H]2COC[C@@H]2N2CCCC2)cc1. The molecule has 27 heavy (non-hydrogen) atoms. The number of rotatable bonds is 5. The predicted octanol–water partition coefficient (Wildman–Crippen LogP) is 1.75. The quantitative estimate of drug-likeness (QED) is 0.866. The Morgan fingerprint density at radius 1 is 1.15 bits per heavy atom. The fourth-order valence-electron chi connectivity index (χ4n) is 3.82. The lowest BCUT2D eigenvalue weighted by Crippen LogP contribution is -2.50. The molecule has 142 valence electrons. The number of amides is 1. The van der Waals surface area contributed by atoms with Gasteiger partial charge in [-0.05, 0) is 38.1 Å². The molecule has 7 nitrogen and oxygen atoms in total. The van der Waals surface area contributed by atoms with Gasteiger partial charge in [-0.25, -0.2) is 9.97 Å². The van der Waals surface area contributed by atoms with Gasteiger partial charge in [-0.2, -0.15) is 0 Å². The van der Waals surface area contributed by atoms with E-state index in [0.29, 0.717) is 30.4 Å². The third-order valence-electron chi connectivity index (χ3n) is 5.26. The lowest BCUT2D eigenvalue weighted by Gasteiger charge is -2.27. The standard InChI is InChI=1S/C20H24N4O3/c1-26-20-18(21-8-9-22-20)14-4-6-15(7-5-14)19(25)23-16-12-27-13-17(16)24-10-2-3-11-24/h4-9,16-17H,2-3,10-13H2,1H3,(H,23,25)/t16-,17-/m0/s1. The zero-order chi connectivity index (χ0) is 18.6. The fourth-order valence-corrected chi connectivity index (χ4v) is 3.82. The molecule has 0 radical (unpaired) electrons. The van der Waals surface area contributed by atoms with E-state index in [2.05, 4.69) is 20.2 Å². The van der Waals surface area contributed by atoms with Crippen LogP contribution in [0.15, 0.2) is 36.7 Å². The van der Waals surface area contributed by atoms with E-state index in [0.717, 1.165) is 18.7 Å². The zero-order valence-electron chi connectivity index (χ0n) is 15.4. The first kappa shape index (κ1) is 17.9. The summed E-state index contributed by atoms with van der Waals surface area (Å²) < 4.78 is 10.9. The van der Waals surface area contributed by atoms with Crippen molar-refractivity contribution in [2.45, 2.75) is 24.9 Å². The summed E-state index contributed by atoms with van der Waals surface area (Å²) in [6.45, 7) is 3.45. The Hall–Kier alpha value is -2.51. The summed E-state index contributed by atoms with van der Waals surface area (Å²) >= 11 is 0. The van der Waals surface area contributed by atoms with Crippen molar-refractivity contribution in [2.24, 2.45) is 0 Å². The molecular formula is C20H24N4O3. The number of carbonyl (C=O) groups excluding carboxylic acids is 1. The molecule has 2 saturated heterocycles. The van der Waals surface area contributed by atoms with Gasteiger partial charge in [0.1, 0.15) is 5.69 Å². The summed E-state index contributed by atoms with van der Waals surface area (Å²) in [6.07, 6.45) is 5.66. The van der Waals surface area contributed by atoms with Crippen LogP contribution < -0.4 is 10.1 Å². The zero-order valence-corrected chi connectivity index (χ0v) is 15.4. The van der Waals surface area contributed by atoms with Crippen LogP contribution in [0.4, 0.5) is 0 Å². The number of ether oxygens (including phenoxy) is 2. The van der Waals surface area contributed by atoms with Crippen LogP contribution in [0.2, 0.25) is 0 Å². The molecule has 3 heterocycles. The molecule has 4 rings (SSSR count). The molecule has 0 aliphatic carbocycles. The minimum absolute atomic E-state index is 0.0374. The Labute approximate surface area is 158 Å². The van der Waals surface area contributed by atoms with Crippen molar-refractivity contribution in [3.05, 3.63) is 42.2 Å². The fraction of sp³-hybridized carbons (Fsp3) is 0.450. The highest BCUT2D eigenvalue weighted by molar-refractivity contribution is 5.95. The summed E-state index contributed by atoms with van der Waals surface area (Å²) in [6, 6.07) is 7.66. The summed E-state index contributed by atoms with van der Waals surface area (Å²) in [5.41, 5.74) is 2.13. The molecule has 2 aliphatic heterocycles.